The molecule has 2 saturated heterocycles. The molecule has 2 aliphatic heterocycles. The number of fused-ring (bicyclic) bond motifs is 1. The molecule has 0 bridgehead atoms. The van der Waals surface area contributed by atoms with Crippen molar-refractivity contribution in [1.82, 2.24) is 9.80 Å². The number of piperazine rings is 1. The topological polar surface area (TPSA) is 23.6 Å². The Bertz CT molecular complexity index is 254. The van der Waals surface area contributed by atoms with Crippen molar-refractivity contribution in [3.8, 4) is 0 Å². The van der Waals surface area contributed by atoms with E-state index in [1.54, 1.807) is 0 Å². The van der Waals surface area contributed by atoms with Crippen LogP contribution < -0.4 is 0 Å². The van der Waals surface area contributed by atoms with Crippen molar-refractivity contribution in [3.05, 3.63) is 0 Å². The van der Waals surface area contributed by atoms with E-state index < -0.39 is 0 Å². The first kappa shape index (κ1) is 12.1. The van der Waals surface area contributed by atoms with Gasteiger partial charge in [0, 0.05) is 31.6 Å². The zero-order valence-electron chi connectivity index (χ0n) is 10.6. The smallest absolute Gasteiger partial charge is 0.146 e. The van der Waals surface area contributed by atoms with Gasteiger partial charge in [0.2, 0.25) is 0 Å². The zero-order chi connectivity index (χ0) is 11.5. The average Bonchev–Trinajstić information content (AvgIpc) is 2.30. The van der Waals surface area contributed by atoms with E-state index in [1.165, 1.54) is 25.8 Å². The van der Waals surface area contributed by atoms with Gasteiger partial charge in [-0.2, -0.15) is 0 Å². The molecule has 0 aliphatic carbocycles. The van der Waals surface area contributed by atoms with Crippen molar-refractivity contribution in [2.24, 2.45) is 0 Å². The number of ketones is 1. The summed E-state index contributed by atoms with van der Waals surface area (Å²) < 4.78 is 0. The lowest BCUT2D eigenvalue weighted by atomic mass is 9.97. The Labute approximate surface area is 98.8 Å². The van der Waals surface area contributed by atoms with Crippen LogP contribution in [0.4, 0.5) is 0 Å². The Morgan fingerprint density at radius 1 is 1.31 bits per heavy atom. The van der Waals surface area contributed by atoms with Crippen LogP contribution in [0.25, 0.3) is 0 Å². The van der Waals surface area contributed by atoms with Crippen LogP contribution in [0, 0.1) is 0 Å². The lowest BCUT2D eigenvalue weighted by Crippen LogP contribution is -2.59. The van der Waals surface area contributed by atoms with Crippen LogP contribution in [-0.2, 0) is 4.79 Å². The minimum absolute atomic E-state index is 0.385. The number of piperidine rings is 1. The summed E-state index contributed by atoms with van der Waals surface area (Å²) in [5.41, 5.74) is 0. The van der Waals surface area contributed by atoms with Crippen LogP contribution in [0.1, 0.15) is 39.5 Å². The minimum Gasteiger partial charge on any atom is -0.298 e. The van der Waals surface area contributed by atoms with Gasteiger partial charge in [-0.25, -0.2) is 0 Å². The Morgan fingerprint density at radius 2 is 2.12 bits per heavy atom. The Hall–Kier alpha value is -0.410. The predicted octanol–water partition coefficient (Wildman–Crippen LogP) is 1.52. The molecule has 0 amide bonds. The highest BCUT2D eigenvalue weighted by molar-refractivity contribution is 5.80. The number of rotatable bonds is 3. The normalized spacial score (nSPS) is 32.4. The van der Waals surface area contributed by atoms with Gasteiger partial charge in [0.05, 0.1) is 6.54 Å². The van der Waals surface area contributed by atoms with E-state index in [-0.39, 0.29) is 0 Å². The molecule has 2 rings (SSSR count). The Kier molecular flexibility index (Phi) is 3.98. The second-order valence-electron chi connectivity index (χ2n) is 5.32. The summed E-state index contributed by atoms with van der Waals surface area (Å²) >= 11 is 0. The van der Waals surface area contributed by atoms with Gasteiger partial charge in [0.15, 0.2) is 0 Å². The molecule has 3 nitrogen and oxygen atoms in total. The summed E-state index contributed by atoms with van der Waals surface area (Å²) in [6.07, 6.45) is 4.73. The summed E-state index contributed by atoms with van der Waals surface area (Å²) in [6.45, 7) is 8.42. The number of hydrogen-bond acceptors (Lipinski definition) is 3. The van der Waals surface area contributed by atoms with E-state index in [0.717, 1.165) is 19.1 Å². The Balaban J connectivity index is 1.92. The molecule has 16 heavy (non-hydrogen) atoms. The maximum Gasteiger partial charge on any atom is 0.146 e. The summed E-state index contributed by atoms with van der Waals surface area (Å²) in [4.78, 5) is 16.5. The number of nitrogens with zero attached hydrogens (tertiary/aromatic N) is 2. The molecule has 0 saturated carbocycles. The molecule has 0 spiro atoms. The van der Waals surface area contributed by atoms with Crippen LogP contribution in [0.3, 0.4) is 0 Å². The second kappa shape index (κ2) is 5.28. The Morgan fingerprint density at radius 3 is 2.88 bits per heavy atom. The molecular weight excluding hydrogens is 200 g/mol. The van der Waals surface area contributed by atoms with Crippen LogP contribution in [0.2, 0.25) is 0 Å². The molecule has 2 aliphatic rings. The van der Waals surface area contributed by atoms with Gasteiger partial charge >= 0.3 is 0 Å². The maximum atomic E-state index is 11.5. The molecule has 2 atom stereocenters. The third-order valence-electron chi connectivity index (χ3n) is 4.09. The van der Waals surface area contributed by atoms with E-state index in [9.17, 15) is 4.79 Å². The third-order valence-corrected chi connectivity index (χ3v) is 4.09. The van der Waals surface area contributed by atoms with Gasteiger partial charge in [-0.3, -0.25) is 14.6 Å². The molecule has 0 N–H and O–H groups in total. The minimum atomic E-state index is 0.385. The second-order valence-corrected chi connectivity index (χ2v) is 5.32. The molecule has 2 fully saturated rings. The molecule has 0 aromatic heterocycles. The molecule has 0 aromatic rings. The first-order valence-electron chi connectivity index (χ1n) is 6.70. The highest BCUT2D eigenvalue weighted by Gasteiger charge is 2.33. The monoisotopic (exact) mass is 224 g/mol. The van der Waals surface area contributed by atoms with Crippen LogP contribution in [0.15, 0.2) is 0 Å². The van der Waals surface area contributed by atoms with Crippen molar-refractivity contribution < 1.29 is 4.79 Å². The SMILES string of the molecule is CCC(=O)CN1CC2CCCCN2CC1C. The van der Waals surface area contributed by atoms with Crippen molar-refractivity contribution in [3.63, 3.8) is 0 Å². The maximum absolute atomic E-state index is 11.5. The van der Waals surface area contributed by atoms with Gasteiger partial charge < -0.3 is 0 Å². The van der Waals surface area contributed by atoms with Crippen molar-refractivity contribution >= 4 is 5.78 Å². The quantitative estimate of drug-likeness (QED) is 0.726. The lowest BCUT2D eigenvalue weighted by molar-refractivity contribution is -0.121. The lowest BCUT2D eigenvalue weighted by Gasteiger charge is -2.47. The first-order valence-corrected chi connectivity index (χ1v) is 6.70. The van der Waals surface area contributed by atoms with Crippen LogP contribution in [0.5, 0.6) is 0 Å². The number of hydrogen-bond donors (Lipinski definition) is 0. The number of Topliss-reactive ketones (excluding diaryl/α,β-unsaturated/α-hetero) is 1. The summed E-state index contributed by atoms with van der Waals surface area (Å²) in [5.74, 6) is 0.385. The average molecular weight is 224 g/mol. The molecule has 0 aromatic carbocycles. The van der Waals surface area contributed by atoms with Crippen molar-refractivity contribution in [1.29, 1.82) is 0 Å². The summed E-state index contributed by atoms with van der Waals surface area (Å²) in [7, 11) is 0. The van der Waals surface area contributed by atoms with Gasteiger partial charge in [-0.1, -0.05) is 13.3 Å². The summed E-state index contributed by atoms with van der Waals surface area (Å²) in [6, 6.07) is 1.26. The molecular formula is C13H24N2O. The van der Waals surface area contributed by atoms with E-state index in [0.29, 0.717) is 24.8 Å². The third kappa shape index (κ3) is 2.64. The van der Waals surface area contributed by atoms with E-state index in [2.05, 4.69) is 16.7 Å². The number of carbonyl (C=O) groups is 1. The van der Waals surface area contributed by atoms with Gasteiger partial charge in [-0.05, 0) is 26.3 Å². The zero-order valence-corrected chi connectivity index (χ0v) is 10.6. The fourth-order valence-corrected chi connectivity index (χ4v) is 2.97. The highest BCUT2D eigenvalue weighted by Crippen LogP contribution is 2.23. The number of carbonyl (C=O) groups excluding carboxylic acids is 1. The van der Waals surface area contributed by atoms with Gasteiger partial charge in [0.25, 0.3) is 0 Å². The standard InChI is InChI=1S/C13H24N2O/c1-3-13(16)10-15-9-12-6-4-5-7-14(12)8-11(15)2/h11-12H,3-10H2,1-2H3. The van der Waals surface area contributed by atoms with Crippen molar-refractivity contribution in [2.45, 2.75) is 51.6 Å². The summed E-state index contributed by atoms with van der Waals surface area (Å²) in [5, 5.41) is 0. The van der Waals surface area contributed by atoms with Gasteiger partial charge in [-0.15, -0.1) is 0 Å². The largest absolute Gasteiger partial charge is 0.298 e. The fourth-order valence-electron chi connectivity index (χ4n) is 2.97. The molecule has 2 unspecified atom stereocenters. The molecule has 0 radical (unpaired) electrons. The molecule has 2 heterocycles. The fraction of sp³-hybridized carbons (Fsp3) is 0.923. The van der Waals surface area contributed by atoms with Crippen LogP contribution >= 0.6 is 0 Å². The van der Waals surface area contributed by atoms with Crippen molar-refractivity contribution in [2.75, 3.05) is 26.2 Å². The first-order chi connectivity index (χ1) is 7.70. The van der Waals surface area contributed by atoms with E-state index in [1.807, 2.05) is 6.92 Å². The molecule has 92 valence electrons. The van der Waals surface area contributed by atoms with E-state index in [4.69, 9.17) is 0 Å². The van der Waals surface area contributed by atoms with Crippen LogP contribution in [-0.4, -0.2) is 53.8 Å². The highest BCUT2D eigenvalue weighted by atomic mass is 16.1. The van der Waals surface area contributed by atoms with E-state index >= 15 is 0 Å². The molecule has 3 heteroatoms. The predicted molar refractivity (Wildman–Crippen MR) is 65.5 cm³/mol. The van der Waals surface area contributed by atoms with Gasteiger partial charge in [0.1, 0.15) is 5.78 Å².